The van der Waals surface area contributed by atoms with Crippen LogP contribution in [0.1, 0.15) is 16.7 Å². The Labute approximate surface area is 205 Å². The maximum Gasteiger partial charge on any atom is 0.264 e. The van der Waals surface area contributed by atoms with Gasteiger partial charge in [-0.15, -0.1) is 0 Å². The van der Waals surface area contributed by atoms with Gasteiger partial charge in [-0.25, -0.2) is 8.42 Å². The summed E-state index contributed by atoms with van der Waals surface area (Å²) in [5, 5.41) is 3.56. The van der Waals surface area contributed by atoms with Crippen molar-refractivity contribution in [2.24, 2.45) is 0 Å². The second-order valence-corrected chi connectivity index (χ2v) is 11.0. The van der Waals surface area contributed by atoms with E-state index in [-0.39, 0.29) is 17.3 Å². The number of hydrogen-bond donors (Lipinski definition) is 1. The average molecular weight is 503 g/mol. The van der Waals surface area contributed by atoms with Gasteiger partial charge in [0.1, 0.15) is 6.54 Å². The molecule has 5 nitrogen and oxygen atoms in total. The molecule has 0 fully saturated rings. The van der Waals surface area contributed by atoms with Crippen molar-refractivity contribution in [1.29, 1.82) is 0 Å². The lowest BCUT2D eigenvalue weighted by molar-refractivity contribution is -0.119. The largest absolute Gasteiger partial charge is 0.354 e. The van der Waals surface area contributed by atoms with Crippen molar-refractivity contribution in [3.8, 4) is 0 Å². The van der Waals surface area contributed by atoms with Gasteiger partial charge in [0, 0.05) is 23.1 Å². The molecule has 1 amide bonds. The van der Waals surface area contributed by atoms with Crippen LogP contribution in [-0.4, -0.2) is 33.2 Å². The average Bonchev–Trinajstić information content (AvgIpc) is 2.78. The SMILES string of the molecule is Cc1cc(C)cc(N(CC(=O)NCCSCc2ccccc2Cl)S(=O)(=O)c2ccccc2)c1. The number of sulfonamides is 1. The number of anilines is 1. The Kier molecular flexibility index (Phi) is 8.83. The third-order valence-electron chi connectivity index (χ3n) is 4.90. The van der Waals surface area contributed by atoms with Crippen LogP contribution >= 0.6 is 23.4 Å². The van der Waals surface area contributed by atoms with Crippen LogP contribution in [0.3, 0.4) is 0 Å². The number of carbonyl (C=O) groups excluding carboxylic acids is 1. The van der Waals surface area contributed by atoms with Crippen LogP contribution < -0.4 is 9.62 Å². The van der Waals surface area contributed by atoms with Crippen LogP contribution in [0.25, 0.3) is 0 Å². The fraction of sp³-hybridized carbons (Fsp3) is 0.240. The van der Waals surface area contributed by atoms with Crippen LogP contribution in [-0.2, 0) is 20.6 Å². The van der Waals surface area contributed by atoms with Crippen molar-refractivity contribution < 1.29 is 13.2 Å². The quantitative estimate of drug-likeness (QED) is 0.387. The Balaban J connectivity index is 1.67. The highest BCUT2D eigenvalue weighted by Crippen LogP contribution is 2.26. The fourth-order valence-electron chi connectivity index (χ4n) is 3.38. The lowest BCUT2D eigenvalue weighted by Crippen LogP contribution is -2.41. The number of aryl methyl sites for hydroxylation is 2. The molecule has 0 radical (unpaired) electrons. The topological polar surface area (TPSA) is 66.5 Å². The van der Waals surface area contributed by atoms with Gasteiger partial charge in [0.05, 0.1) is 10.6 Å². The molecular weight excluding hydrogens is 476 g/mol. The van der Waals surface area contributed by atoms with Crippen LogP contribution in [0.4, 0.5) is 5.69 Å². The molecule has 0 atom stereocenters. The van der Waals surface area contributed by atoms with E-state index in [2.05, 4.69) is 5.32 Å². The highest BCUT2D eigenvalue weighted by Gasteiger charge is 2.27. The van der Waals surface area contributed by atoms with Crippen molar-refractivity contribution >= 4 is 45.0 Å². The summed E-state index contributed by atoms with van der Waals surface area (Å²) in [6, 6.07) is 21.4. The second kappa shape index (κ2) is 11.6. The first kappa shape index (κ1) is 25.1. The Hall–Kier alpha value is -2.48. The number of halogens is 1. The number of thioether (sulfide) groups is 1. The molecule has 0 saturated heterocycles. The number of nitrogens with zero attached hydrogens (tertiary/aromatic N) is 1. The summed E-state index contributed by atoms with van der Waals surface area (Å²) < 4.78 is 27.9. The van der Waals surface area contributed by atoms with E-state index in [9.17, 15) is 13.2 Å². The lowest BCUT2D eigenvalue weighted by Gasteiger charge is -2.25. The molecular formula is C25H27ClN2O3S2. The molecule has 0 aliphatic heterocycles. The fourth-order valence-corrected chi connectivity index (χ4v) is 5.95. The van der Waals surface area contributed by atoms with E-state index in [0.717, 1.165) is 27.5 Å². The lowest BCUT2D eigenvalue weighted by atomic mass is 10.1. The molecule has 3 aromatic rings. The number of carbonyl (C=O) groups is 1. The first-order valence-electron chi connectivity index (χ1n) is 10.5. The van der Waals surface area contributed by atoms with Gasteiger partial charge in [0.15, 0.2) is 0 Å². The highest BCUT2D eigenvalue weighted by atomic mass is 35.5. The molecule has 0 aromatic heterocycles. The summed E-state index contributed by atoms with van der Waals surface area (Å²) >= 11 is 7.83. The number of nitrogens with one attached hydrogen (secondary N) is 1. The summed E-state index contributed by atoms with van der Waals surface area (Å²) in [5.74, 6) is 1.07. The van der Waals surface area contributed by atoms with E-state index in [1.165, 1.54) is 16.4 Å². The van der Waals surface area contributed by atoms with Gasteiger partial charge in [-0.1, -0.05) is 54.1 Å². The maximum absolute atomic E-state index is 13.4. The van der Waals surface area contributed by atoms with Crippen molar-refractivity contribution in [2.45, 2.75) is 24.5 Å². The van der Waals surface area contributed by atoms with E-state index >= 15 is 0 Å². The Morgan fingerprint density at radius 2 is 1.61 bits per heavy atom. The molecule has 0 aliphatic rings. The molecule has 0 spiro atoms. The third kappa shape index (κ3) is 7.00. The summed E-state index contributed by atoms with van der Waals surface area (Å²) in [4.78, 5) is 12.9. The smallest absolute Gasteiger partial charge is 0.264 e. The zero-order valence-corrected chi connectivity index (χ0v) is 21.0. The summed E-state index contributed by atoms with van der Waals surface area (Å²) in [7, 11) is -3.91. The second-order valence-electron chi connectivity index (χ2n) is 7.66. The van der Waals surface area contributed by atoms with Gasteiger partial charge in [-0.2, -0.15) is 11.8 Å². The zero-order valence-electron chi connectivity index (χ0n) is 18.6. The van der Waals surface area contributed by atoms with E-state index in [0.29, 0.717) is 18.0 Å². The third-order valence-corrected chi connectivity index (χ3v) is 8.06. The van der Waals surface area contributed by atoms with Gasteiger partial charge in [0.2, 0.25) is 5.91 Å². The van der Waals surface area contributed by atoms with Crippen LogP contribution in [0, 0.1) is 13.8 Å². The summed E-state index contributed by atoms with van der Waals surface area (Å²) in [6.07, 6.45) is 0. The van der Waals surface area contributed by atoms with Gasteiger partial charge in [-0.3, -0.25) is 9.10 Å². The molecule has 33 heavy (non-hydrogen) atoms. The minimum atomic E-state index is -3.91. The molecule has 0 aliphatic carbocycles. The normalized spacial score (nSPS) is 11.2. The molecule has 3 aromatic carbocycles. The summed E-state index contributed by atoms with van der Waals surface area (Å²) in [6.45, 7) is 3.94. The van der Waals surface area contributed by atoms with Crippen molar-refractivity contribution in [3.63, 3.8) is 0 Å². The van der Waals surface area contributed by atoms with E-state index < -0.39 is 10.0 Å². The predicted octanol–water partition coefficient (Wildman–Crippen LogP) is 5.20. The van der Waals surface area contributed by atoms with Crippen LogP contribution in [0.5, 0.6) is 0 Å². The molecule has 0 bridgehead atoms. The van der Waals surface area contributed by atoms with Gasteiger partial charge >= 0.3 is 0 Å². The minimum Gasteiger partial charge on any atom is -0.354 e. The molecule has 0 heterocycles. The minimum absolute atomic E-state index is 0.146. The van der Waals surface area contributed by atoms with Crippen molar-refractivity contribution in [2.75, 3.05) is 23.1 Å². The summed E-state index contributed by atoms with van der Waals surface area (Å²) in [5.41, 5.74) is 3.37. The monoisotopic (exact) mass is 502 g/mol. The van der Waals surface area contributed by atoms with Gasteiger partial charge in [-0.05, 0) is 60.9 Å². The van der Waals surface area contributed by atoms with E-state index in [4.69, 9.17) is 11.6 Å². The first-order valence-corrected chi connectivity index (χ1v) is 13.5. The standard InChI is InChI=1S/C25H27ClN2O3S2/c1-19-14-20(2)16-22(15-19)28(33(30,31)23-9-4-3-5-10-23)17-25(29)27-12-13-32-18-21-8-6-7-11-24(21)26/h3-11,14-16H,12-13,17-18H2,1-2H3,(H,27,29). The number of hydrogen-bond acceptors (Lipinski definition) is 4. The number of benzene rings is 3. The zero-order chi connectivity index (χ0) is 23.8. The van der Waals surface area contributed by atoms with Crippen molar-refractivity contribution in [1.82, 2.24) is 5.32 Å². The maximum atomic E-state index is 13.4. The number of amides is 1. The van der Waals surface area contributed by atoms with E-state index in [1.807, 2.05) is 44.2 Å². The first-order chi connectivity index (χ1) is 15.8. The van der Waals surface area contributed by atoms with Crippen LogP contribution in [0.2, 0.25) is 5.02 Å². The van der Waals surface area contributed by atoms with Gasteiger partial charge < -0.3 is 5.32 Å². The molecule has 1 N–H and O–H groups in total. The van der Waals surface area contributed by atoms with E-state index in [1.54, 1.807) is 42.1 Å². The molecule has 3 rings (SSSR count). The molecule has 8 heteroatoms. The molecule has 0 unspecified atom stereocenters. The molecule has 174 valence electrons. The predicted molar refractivity (Wildman–Crippen MR) is 138 cm³/mol. The highest BCUT2D eigenvalue weighted by molar-refractivity contribution is 7.98. The van der Waals surface area contributed by atoms with Gasteiger partial charge in [0.25, 0.3) is 10.0 Å². The molecule has 0 saturated carbocycles. The Morgan fingerprint density at radius 3 is 2.27 bits per heavy atom. The Bertz CT molecular complexity index is 1180. The van der Waals surface area contributed by atoms with Crippen molar-refractivity contribution in [3.05, 3.63) is 94.5 Å². The van der Waals surface area contributed by atoms with Crippen LogP contribution in [0.15, 0.2) is 77.7 Å². The number of rotatable bonds is 10. The Morgan fingerprint density at radius 1 is 0.970 bits per heavy atom.